The van der Waals surface area contributed by atoms with Gasteiger partial charge in [0.1, 0.15) is 0 Å². The van der Waals surface area contributed by atoms with Crippen molar-refractivity contribution in [2.24, 2.45) is 5.92 Å². The van der Waals surface area contributed by atoms with Crippen LogP contribution in [0.1, 0.15) is 20.3 Å². The normalized spacial score (nSPS) is 10.0. The van der Waals surface area contributed by atoms with Crippen molar-refractivity contribution in [3.8, 4) is 0 Å². The lowest BCUT2D eigenvalue weighted by Gasteiger charge is -2.12. The highest BCUT2D eigenvalue weighted by molar-refractivity contribution is 6.14. The minimum absolute atomic E-state index is 0.136. The SMILES string of the molecule is C=C(C)C(=O)C(CCO)C(=O)C(=C)C. The van der Waals surface area contributed by atoms with Crippen molar-refractivity contribution in [2.75, 3.05) is 6.61 Å². The van der Waals surface area contributed by atoms with E-state index < -0.39 is 5.92 Å². The Labute approximate surface area is 84.1 Å². The number of ketones is 2. The molecule has 3 nitrogen and oxygen atoms in total. The summed E-state index contributed by atoms with van der Waals surface area (Å²) < 4.78 is 0. The quantitative estimate of drug-likeness (QED) is 0.514. The van der Waals surface area contributed by atoms with Gasteiger partial charge in [0.05, 0.1) is 5.92 Å². The number of rotatable bonds is 6. The summed E-state index contributed by atoms with van der Waals surface area (Å²) in [5.74, 6) is -1.44. The predicted molar refractivity (Wildman–Crippen MR) is 54.8 cm³/mol. The molecule has 0 aromatic heterocycles. The van der Waals surface area contributed by atoms with Gasteiger partial charge in [-0.3, -0.25) is 9.59 Å². The summed E-state index contributed by atoms with van der Waals surface area (Å²) in [5, 5.41) is 8.73. The van der Waals surface area contributed by atoms with E-state index in [-0.39, 0.29) is 24.6 Å². The Balaban J connectivity index is 4.76. The molecular formula is C11H16O3. The summed E-state index contributed by atoms with van der Waals surface area (Å²) in [6.45, 7) is 9.89. The van der Waals surface area contributed by atoms with Crippen molar-refractivity contribution in [3.05, 3.63) is 24.3 Å². The Morgan fingerprint density at radius 2 is 1.50 bits per heavy atom. The zero-order valence-electron chi connectivity index (χ0n) is 8.67. The molecule has 0 radical (unpaired) electrons. The number of carbonyl (C=O) groups excluding carboxylic acids is 2. The van der Waals surface area contributed by atoms with Crippen LogP contribution < -0.4 is 0 Å². The van der Waals surface area contributed by atoms with E-state index in [1.54, 1.807) is 13.8 Å². The van der Waals surface area contributed by atoms with E-state index in [4.69, 9.17) is 5.11 Å². The maximum absolute atomic E-state index is 11.5. The van der Waals surface area contributed by atoms with Crippen molar-refractivity contribution in [2.45, 2.75) is 20.3 Å². The first-order valence-corrected chi connectivity index (χ1v) is 4.42. The third-order valence-electron chi connectivity index (χ3n) is 1.89. The number of carbonyl (C=O) groups is 2. The molecule has 0 fully saturated rings. The lowest BCUT2D eigenvalue weighted by molar-refractivity contribution is -0.129. The van der Waals surface area contributed by atoms with Crippen LogP contribution >= 0.6 is 0 Å². The van der Waals surface area contributed by atoms with E-state index in [0.717, 1.165) is 0 Å². The van der Waals surface area contributed by atoms with Crippen LogP contribution in [0.5, 0.6) is 0 Å². The first-order valence-electron chi connectivity index (χ1n) is 4.42. The molecule has 0 aliphatic carbocycles. The van der Waals surface area contributed by atoms with Crippen LogP contribution in [-0.2, 0) is 9.59 Å². The molecule has 0 saturated heterocycles. The van der Waals surface area contributed by atoms with Gasteiger partial charge in [-0.25, -0.2) is 0 Å². The third-order valence-corrected chi connectivity index (χ3v) is 1.89. The number of hydrogen-bond acceptors (Lipinski definition) is 3. The molecule has 0 heterocycles. The molecule has 0 bridgehead atoms. The van der Waals surface area contributed by atoms with Crippen molar-refractivity contribution in [1.82, 2.24) is 0 Å². The average molecular weight is 196 g/mol. The van der Waals surface area contributed by atoms with Crippen molar-refractivity contribution in [1.29, 1.82) is 0 Å². The van der Waals surface area contributed by atoms with Crippen LogP contribution in [-0.4, -0.2) is 23.3 Å². The second kappa shape index (κ2) is 5.50. The number of Topliss-reactive ketones (excluding diaryl/α,β-unsaturated/α-hetero) is 2. The molecule has 0 aromatic rings. The second-order valence-electron chi connectivity index (χ2n) is 3.35. The summed E-state index contributed by atoms with van der Waals surface area (Å²) in [5.41, 5.74) is 0.663. The topological polar surface area (TPSA) is 54.4 Å². The minimum atomic E-state index is -0.810. The van der Waals surface area contributed by atoms with Crippen LogP contribution in [0, 0.1) is 5.92 Å². The highest BCUT2D eigenvalue weighted by Crippen LogP contribution is 2.14. The zero-order valence-corrected chi connectivity index (χ0v) is 8.67. The fourth-order valence-electron chi connectivity index (χ4n) is 1.11. The van der Waals surface area contributed by atoms with Crippen LogP contribution in [0.3, 0.4) is 0 Å². The molecule has 0 spiro atoms. The molecule has 78 valence electrons. The number of allylic oxidation sites excluding steroid dienone is 2. The Hall–Kier alpha value is -1.22. The van der Waals surface area contributed by atoms with Crippen molar-refractivity contribution < 1.29 is 14.7 Å². The summed E-state index contributed by atoms with van der Waals surface area (Å²) in [6, 6.07) is 0. The van der Waals surface area contributed by atoms with E-state index in [2.05, 4.69) is 13.2 Å². The summed E-state index contributed by atoms with van der Waals surface area (Å²) in [4.78, 5) is 23.0. The van der Waals surface area contributed by atoms with Gasteiger partial charge in [-0.1, -0.05) is 13.2 Å². The molecule has 0 rings (SSSR count). The van der Waals surface area contributed by atoms with Gasteiger partial charge in [0, 0.05) is 6.61 Å². The van der Waals surface area contributed by atoms with E-state index >= 15 is 0 Å². The average Bonchev–Trinajstić information content (AvgIpc) is 2.11. The van der Waals surface area contributed by atoms with E-state index in [1.165, 1.54) is 0 Å². The lowest BCUT2D eigenvalue weighted by Crippen LogP contribution is -2.26. The first kappa shape index (κ1) is 12.8. The van der Waals surface area contributed by atoms with Crippen LogP contribution in [0.2, 0.25) is 0 Å². The molecule has 0 aromatic carbocycles. The zero-order chi connectivity index (χ0) is 11.3. The van der Waals surface area contributed by atoms with Gasteiger partial charge in [-0.2, -0.15) is 0 Å². The smallest absolute Gasteiger partial charge is 0.168 e. The predicted octanol–water partition coefficient (Wildman–Crippen LogP) is 1.28. The molecule has 14 heavy (non-hydrogen) atoms. The molecule has 0 aliphatic heterocycles. The summed E-state index contributed by atoms with van der Waals surface area (Å²) >= 11 is 0. The van der Waals surface area contributed by atoms with E-state index in [1.807, 2.05) is 0 Å². The van der Waals surface area contributed by atoms with Gasteiger partial charge >= 0.3 is 0 Å². The fraction of sp³-hybridized carbons (Fsp3) is 0.455. The molecule has 0 unspecified atom stereocenters. The van der Waals surface area contributed by atoms with Gasteiger partial charge in [0.15, 0.2) is 11.6 Å². The summed E-state index contributed by atoms with van der Waals surface area (Å²) in [7, 11) is 0. The van der Waals surface area contributed by atoms with E-state index in [0.29, 0.717) is 11.1 Å². The number of aliphatic hydroxyl groups excluding tert-OH is 1. The molecular weight excluding hydrogens is 180 g/mol. The minimum Gasteiger partial charge on any atom is -0.396 e. The fourth-order valence-corrected chi connectivity index (χ4v) is 1.11. The van der Waals surface area contributed by atoms with Crippen LogP contribution in [0.15, 0.2) is 24.3 Å². The van der Waals surface area contributed by atoms with Gasteiger partial charge in [-0.05, 0) is 31.4 Å². The molecule has 3 heteroatoms. The highest BCUT2D eigenvalue weighted by Gasteiger charge is 2.26. The monoisotopic (exact) mass is 196 g/mol. The largest absolute Gasteiger partial charge is 0.396 e. The highest BCUT2D eigenvalue weighted by atomic mass is 16.3. The second-order valence-corrected chi connectivity index (χ2v) is 3.35. The molecule has 0 aliphatic rings. The maximum atomic E-state index is 11.5. The Bertz CT molecular complexity index is 250. The van der Waals surface area contributed by atoms with Gasteiger partial charge < -0.3 is 5.11 Å². The molecule has 1 N–H and O–H groups in total. The van der Waals surface area contributed by atoms with Crippen LogP contribution in [0.4, 0.5) is 0 Å². The Morgan fingerprint density at radius 1 is 1.14 bits per heavy atom. The molecule has 0 saturated carbocycles. The number of hydrogen-bond donors (Lipinski definition) is 1. The first-order chi connectivity index (χ1) is 6.41. The lowest BCUT2D eigenvalue weighted by atomic mass is 9.89. The van der Waals surface area contributed by atoms with Gasteiger partial charge in [-0.15, -0.1) is 0 Å². The van der Waals surface area contributed by atoms with Crippen LogP contribution in [0.25, 0.3) is 0 Å². The molecule has 0 amide bonds. The van der Waals surface area contributed by atoms with Gasteiger partial charge in [0.25, 0.3) is 0 Å². The Morgan fingerprint density at radius 3 is 1.71 bits per heavy atom. The molecule has 0 atom stereocenters. The van der Waals surface area contributed by atoms with E-state index in [9.17, 15) is 9.59 Å². The van der Waals surface area contributed by atoms with Crippen molar-refractivity contribution in [3.63, 3.8) is 0 Å². The van der Waals surface area contributed by atoms with Gasteiger partial charge in [0.2, 0.25) is 0 Å². The maximum Gasteiger partial charge on any atom is 0.168 e. The Kier molecular flexibility index (Phi) is 5.02. The summed E-state index contributed by atoms with van der Waals surface area (Å²) in [6.07, 6.45) is 0.136. The number of aliphatic hydroxyl groups is 1. The standard InChI is InChI=1S/C11H16O3/c1-7(2)10(13)9(5-6-12)11(14)8(3)4/h9,12H,1,3,5-6H2,2,4H3. The third kappa shape index (κ3) is 3.26. The van der Waals surface area contributed by atoms with Crippen molar-refractivity contribution >= 4 is 11.6 Å².